The normalized spacial score (nSPS) is 11.0. The summed E-state index contributed by atoms with van der Waals surface area (Å²) in [4.78, 5) is 22.9. The van der Waals surface area contributed by atoms with E-state index in [1.54, 1.807) is 19.1 Å². The van der Waals surface area contributed by atoms with Gasteiger partial charge in [0, 0.05) is 0 Å². The van der Waals surface area contributed by atoms with E-state index in [0.29, 0.717) is 40.4 Å². The second-order valence-electron chi connectivity index (χ2n) is 7.77. The molecule has 0 fully saturated rings. The molecule has 0 atom stereocenters. The third-order valence-corrected chi connectivity index (χ3v) is 5.61. The molecule has 1 aromatic heterocycles. The molecule has 1 heterocycles. The Morgan fingerprint density at radius 3 is 2.69 bits per heavy atom. The highest BCUT2D eigenvalue weighted by molar-refractivity contribution is 9.10. The first kappa shape index (κ1) is 25.9. The molecule has 0 saturated carbocycles. The van der Waals surface area contributed by atoms with E-state index in [0.717, 1.165) is 11.1 Å². The second-order valence-corrected chi connectivity index (χ2v) is 8.62. The van der Waals surface area contributed by atoms with Crippen molar-refractivity contribution in [1.29, 1.82) is 0 Å². The molecule has 0 spiro atoms. The lowest BCUT2D eigenvalue weighted by molar-refractivity contribution is -0.386. The van der Waals surface area contributed by atoms with Gasteiger partial charge in [-0.05, 0) is 66.9 Å². The van der Waals surface area contributed by atoms with Crippen molar-refractivity contribution in [3.63, 3.8) is 0 Å². The number of carbonyl (C=O) groups excluding carboxylic acids is 1. The van der Waals surface area contributed by atoms with Crippen molar-refractivity contribution in [2.75, 3.05) is 6.61 Å². The fourth-order valence-corrected chi connectivity index (χ4v) is 4.05. The van der Waals surface area contributed by atoms with Gasteiger partial charge in [0.2, 0.25) is 0 Å². The van der Waals surface area contributed by atoms with Gasteiger partial charge in [0.15, 0.2) is 11.5 Å². The summed E-state index contributed by atoms with van der Waals surface area (Å²) in [5.41, 5.74) is 5.74. The van der Waals surface area contributed by atoms with Crippen molar-refractivity contribution in [3.8, 4) is 11.5 Å². The van der Waals surface area contributed by atoms with Crippen molar-refractivity contribution in [2.24, 2.45) is 5.10 Å². The van der Waals surface area contributed by atoms with Crippen molar-refractivity contribution in [3.05, 3.63) is 79.1 Å². The molecular formula is C24H26BrN5O5. The minimum Gasteiger partial charge on any atom is -0.490 e. The van der Waals surface area contributed by atoms with Crippen LogP contribution >= 0.6 is 15.9 Å². The monoisotopic (exact) mass is 543 g/mol. The van der Waals surface area contributed by atoms with Gasteiger partial charge in [0.1, 0.15) is 24.5 Å². The number of nitrogens with one attached hydrogen (secondary N) is 1. The van der Waals surface area contributed by atoms with Gasteiger partial charge >= 0.3 is 5.69 Å². The zero-order valence-electron chi connectivity index (χ0n) is 19.9. The fraction of sp³-hybridized carbons (Fsp3) is 0.292. The standard InChI is InChI=1S/C24H26BrN5O5/c1-5-34-21-11-19(10-20(25)24(21)35-14-18-8-6-7-15(2)9-18)12-26-27-22(31)13-29-17(4)23(30(32)33)16(3)28-29/h6-12H,5,13-14H2,1-4H3,(H,27,31)/b26-12+. The predicted molar refractivity (Wildman–Crippen MR) is 135 cm³/mol. The number of hydrogen-bond donors (Lipinski definition) is 1. The highest BCUT2D eigenvalue weighted by Crippen LogP contribution is 2.37. The minimum absolute atomic E-state index is 0.0979. The maximum absolute atomic E-state index is 12.3. The summed E-state index contributed by atoms with van der Waals surface area (Å²) >= 11 is 3.53. The van der Waals surface area contributed by atoms with Gasteiger partial charge in [-0.15, -0.1) is 0 Å². The first-order chi connectivity index (χ1) is 16.7. The minimum atomic E-state index is -0.508. The lowest BCUT2D eigenvalue weighted by Crippen LogP contribution is -2.24. The summed E-state index contributed by atoms with van der Waals surface area (Å²) in [5, 5.41) is 19.2. The lowest BCUT2D eigenvalue weighted by Gasteiger charge is -2.15. The number of hydrogen-bond acceptors (Lipinski definition) is 7. The van der Waals surface area contributed by atoms with Crippen LogP contribution in [0.25, 0.3) is 0 Å². The highest BCUT2D eigenvalue weighted by atomic mass is 79.9. The molecule has 0 aliphatic rings. The number of halogens is 1. The predicted octanol–water partition coefficient (Wildman–Crippen LogP) is 4.61. The Hall–Kier alpha value is -3.73. The number of carbonyl (C=O) groups is 1. The molecule has 0 aliphatic heterocycles. The summed E-state index contributed by atoms with van der Waals surface area (Å²) in [7, 11) is 0. The number of aryl methyl sites for hydroxylation is 2. The molecule has 1 N–H and O–H groups in total. The molecule has 2 aromatic carbocycles. The molecule has 0 aliphatic carbocycles. The SMILES string of the molecule is CCOc1cc(/C=N/NC(=O)Cn2nc(C)c([N+](=O)[O-])c2C)cc(Br)c1OCc1cccc(C)c1. The largest absolute Gasteiger partial charge is 0.490 e. The van der Waals surface area contributed by atoms with Crippen molar-refractivity contribution < 1.29 is 19.2 Å². The van der Waals surface area contributed by atoms with Gasteiger partial charge in [-0.1, -0.05) is 29.8 Å². The molecule has 184 valence electrons. The number of ether oxygens (including phenoxy) is 2. The average Bonchev–Trinajstić information content (AvgIpc) is 3.06. The zero-order valence-corrected chi connectivity index (χ0v) is 21.5. The third kappa shape index (κ3) is 6.66. The van der Waals surface area contributed by atoms with Gasteiger partial charge in [-0.2, -0.15) is 10.2 Å². The molecule has 0 bridgehead atoms. The number of nitrogens with zero attached hydrogens (tertiary/aromatic N) is 4. The van der Waals surface area contributed by atoms with E-state index in [2.05, 4.69) is 37.6 Å². The van der Waals surface area contributed by atoms with Crippen LogP contribution in [0.2, 0.25) is 0 Å². The maximum atomic E-state index is 12.3. The van der Waals surface area contributed by atoms with Crippen LogP contribution in [0.5, 0.6) is 11.5 Å². The quantitative estimate of drug-likeness (QED) is 0.226. The van der Waals surface area contributed by atoms with Crippen LogP contribution in [-0.2, 0) is 17.9 Å². The Morgan fingerprint density at radius 2 is 2.03 bits per heavy atom. The van der Waals surface area contributed by atoms with E-state index in [1.165, 1.54) is 17.8 Å². The van der Waals surface area contributed by atoms with Crippen LogP contribution in [0.4, 0.5) is 5.69 Å². The number of amides is 1. The van der Waals surface area contributed by atoms with E-state index in [9.17, 15) is 14.9 Å². The van der Waals surface area contributed by atoms with E-state index in [1.807, 2.05) is 32.0 Å². The summed E-state index contributed by atoms with van der Waals surface area (Å²) < 4.78 is 13.7. The summed E-state index contributed by atoms with van der Waals surface area (Å²) in [5.74, 6) is 0.641. The Morgan fingerprint density at radius 1 is 1.26 bits per heavy atom. The summed E-state index contributed by atoms with van der Waals surface area (Å²) in [6, 6.07) is 11.6. The second kappa shape index (κ2) is 11.6. The maximum Gasteiger partial charge on any atom is 0.312 e. The van der Waals surface area contributed by atoms with Crippen LogP contribution in [0.3, 0.4) is 0 Å². The number of benzene rings is 2. The van der Waals surface area contributed by atoms with Gasteiger partial charge in [-0.3, -0.25) is 19.6 Å². The molecule has 11 heteroatoms. The van der Waals surface area contributed by atoms with Crippen molar-refractivity contribution in [1.82, 2.24) is 15.2 Å². The van der Waals surface area contributed by atoms with Crippen molar-refractivity contribution in [2.45, 2.75) is 40.8 Å². The lowest BCUT2D eigenvalue weighted by atomic mass is 10.1. The molecule has 3 aromatic rings. The molecule has 1 amide bonds. The molecular weight excluding hydrogens is 518 g/mol. The molecule has 0 unspecified atom stereocenters. The number of nitro groups is 1. The van der Waals surface area contributed by atoms with E-state index >= 15 is 0 Å². The fourth-order valence-electron chi connectivity index (χ4n) is 3.48. The van der Waals surface area contributed by atoms with Gasteiger partial charge in [0.25, 0.3) is 5.91 Å². The average molecular weight is 544 g/mol. The van der Waals surface area contributed by atoms with Crippen LogP contribution in [-0.4, -0.2) is 33.4 Å². The highest BCUT2D eigenvalue weighted by Gasteiger charge is 2.22. The topological polar surface area (TPSA) is 121 Å². The van der Waals surface area contributed by atoms with Crippen molar-refractivity contribution >= 4 is 33.7 Å². The molecule has 35 heavy (non-hydrogen) atoms. The van der Waals surface area contributed by atoms with E-state index in [-0.39, 0.29) is 17.9 Å². The molecule has 0 saturated heterocycles. The first-order valence-corrected chi connectivity index (χ1v) is 11.6. The number of rotatable bonds is 10. The Kier molecular flexibility index (Phi) is 8.58. The van der Waals surface area contributed by atoms with E-state index in [4.69, 9.17) is 9.47 Å². The summed E-state index contributed by atoms with van der Waals surface area (Å²) in [6.07, 6.45) is 1.47. The Balaban J connectivity index is 1.68. The third-order valence-electron chi connectivity index (χ3n) is 5.02. The Bertz CT molecular complexity index is 1270. The van der Waals surface area contributed by atoms with Crippen LogP contribution < -0.4 is 14.9 Å². The van der Waals surface area contributed by atoms with Gasteiger partial charge < -0.3 is 9.47 Å². The van der Waals surface area contributed by atoms with Crippen LogP contribution in [0.1, 0.15) is 35.0 Å². The zero-order chi connectivity index (χ0) is 25.5. The number of hydrazone groups is 1. The smallest absolute Gasteiger partial charge is 0.312 e. The van der Waals surface area contributed by atoms with Gasteiger partial charge in [0.05, 0.1) is 22.2 Å². The molecule has 0 radical (unpaired) electrons. The summed E-state index contributed by atoms with van der Waals surface area (Å²) in [6.45, 7) is 7.61. The van der Waals surface area contributed by atoms with Gasteiger partial charge in [-0.25, -0.2) is 5.43 Å². The van der Waals surface area contributed by atoms with Crippen LogP contribution in [0.15, 0.2) is 46.0 Å². The Labute approximate surface area is 211 Å². The van der Waals surface area contributed by atoms with E-state index < -0.39 is 10.8 Å². The van der Waals surface area contributed by atoms with Crippen LogP contribution in [0, 0.1) is 30.9 Å². The molecule has 3 rings (SSSR count). The molecule has 10 nitrogen and oxygen atoms in total. The number of aromatic nitrogens is 2. The first-order valence-electron chi connectivity index (χ1n) is 10.8.